The lowest BCUT2D eigenvalue weighted by Gasteiger charge is -2.30. The number of aldehydes is 2. The highest BCUT2D eigenvalue weighted by molar-refractivity contribution is 6.05. The molecule has 4 N–H and O–H groups in total. The number of nitrogens with one attached hydrogen (secondary N) is 2. The molecule has 0 bridgehead atoms. The smallest absolute Gasteiger partial charge is 0.290 e. The highest BCUT2D eigenvalue weighted by Gasteiger charge is 2.39. The van der Waals surface area contributed by atoms with Gasteiger partial charge in [-0.1, -0.05) is 75.8 Å². The maximum absolute atomic E-state index is 13.2. The van der Waals surface area contributed by atoms with E-state index in [1.807, 2.05) is 67.7 Å². The molecule has 3 aromatic rings. The highest BCUT2D eigenvalue weighted by atomic mass is 16.5. The van der Waals surface area contributed by atoms with E-state index in [9.17, 15) is 14.4 Å². The standard InChI is InChI=1S/C28H30N2O3.C8H14O.CH2O2.CH4O/c1-29-23-10-12-24(13-11-23)33-25-14-15-26(22(19-25)18-21-8-4-2-5-9-21)30-27(32)28(20-31)16-6-3-7-17-28;1-8(7-9)5-3-2-4-6-8;2-1-3;1-2/h2,4-5,8-15,19-20,29H,3,6-7,16-18H2,1H3,(H,30,32);7H,2-6H2,1H3;1H,(H,2,3);2H,1H3. The van der Waals surface area contributed by atoms with Gasteiger partial charge in [0.05, 0.1) is 0 Å². The number of anilines is 2. The average Bonchev–Trinajstić information content (AvgIpc) is 3.12. The van der Waals surface area contributed by atoms with Gasteiger partial charge in [0.15, 0.2) is 0 Å². The number of ether oxygens (including phenoxy) is 1. The number of carbonyl (C=O) groups is 4. The Hall–Kier alpha value is -4.50. The Labute approximate surface area is 278 Å². The summed E-state index contributed by atoms with van der Waals surface area (Å²) in [6.45, 7) is 1.82. The van der Waals surface area contributed by atoms with Gasteiger partial charge in [-0.2, -0.15) is 0 Å². The van der Waals surface area contributed by atoms with Crippen LogP contribution in [-0.4, -0.2) is 49.3 Å². The second-order valence-corrected chi connectivity index (χ2v) is 12.1. The van der Waals surface area contributed by atoms with Crippen molar-refractivity contribution in [2.24, 2.45) is 10.8 Å². The third-order valence-corrected chi connectivity index (χ3v) is 8.64. The van der Waals surface area contributed by atoms with Crippen LogP contribution in [0.5, 0.6) is 11.5 Å². The summed E-state index contributed by atoms with van der Waals surface area (Å²) < 4.78 is 6.08. The highest BCUT2D eigenvalue weighted by Crippen LogP contribution is 2.37. The van der Waals surface area contributed by atoms with Gasteiger partial charge in [-0.3, -0.25) is 9.59 Å². The predicted molar refractivity (Wildman–Crippen MR) is 186 cm³/mol. The van der Waals surface area contributed by atoms with Gasteiger partial charge in [0.2, 0.25) is 5.91 Å². The zero-order valence-corrected chi connectivity index (χ0v) is 27.9. The molecule has 0 saturated heterocycles. The molecule has 1 amide bonds. The van der Waals surface area contributed by atoms with Crippen molar-refractivity contribution in [2.45, 2.75) is 77.6 Å². The number of carbonyl (C=O) groups excluding carboxylic acids is 3. The van der Waals surface area contributed by atoms with E-state index < -0.39 is 5.41 Å². The fourth-order valence-corrected chi connectivity index (χ4v) is 5.85. The maximum Gasteiger partial charge on any atom is 0.290 e. The molecule has 2 aliphatic rings. The van der Waals surface area contributed by atoms with Gasteiger partial charge in [-0.25, -0.2) is 0 Å². The van der Waals surface area contributed by atoms with Crippen molar-refractivity contribution in [3.05, 3.63) is 83.9 Å². The van der Waals surface area contributed by atoms with E-state index in [0.29, 0.717) is 30.7 Å². The lowest BCUT2D eigenvalue weighted by molar-refractivity contribution is -0.134. The molecule has 47 heavy (non-hydrogen) atoms. The minimum Gasteiger partial charge on any atom is -0.483 e. The Morgan fingerprint density at radius 3 is 1.85 bits per heavy atom. The number of carboxylic acid groups (broad SMARTS) is 1. The Morgan fingerprint density at radius 2 is 1.34 bits per heavy atom. The number of hydrogen-bond acceptors (Lipinski definition) is 7. The van der Waals surface area contributed by atoms with Gasteiger partial charge in [0.25, 0.3) is 6.47 Å². The van der Waals surface area contributed by atoms with E-state index in [-0.39, 0.29) is 17.8 Å². The Balaban J connectivity index is 0.000000460. The zero-order chi connectivity index (χ0) is 34.5. The monoisotopic (exact) mass is 646 g/mol. The van der Waals surface area contributed by atoms with E-state index in [4.69, 9.17) is 19.7 Å². The normalized spacial score (nSPS) is 15.7. The summed E-state index contributed by atoms with van der Waals surface area (Å²) >= 11 is 0. The van der Waals surface area contributed by atoms with Crippen LogP contribution in [0.2, 0.25) is 0 Å². The van der Waals surface area contributed by atoms with Crippen LogP contribution in [0.3, 0.4) is 0 Å². The Morgan fingerprint density at radius 1 is 0.787 bits per heavy atom. The van der Waals surface area contributed by atoms with Crippen molar-refractivity contribution in [3.8, 4) is 11.5 Å². The number of aliphatic hydroxyl groups is 1. The first-order chi connectivity index (χ1) is 22.8. The molecule has 0 unspecified atom stereocenters. The molecule has 0 aromatic heterocycles. The van der Waals surface area contributed by atoms with Crippen LogP contribution in [0, 0.1) is 10.8 Å². The Bertz CT molecular complexity index is 1360. The average molecular weight is 647 g/mol. The summed E-state index contributed by atoms with van der Waals surface area (Å²) in [5, 5.41) is 20.0. The second kappa shape index (κ2) is 20.6. The fourth-order valence-electron chi connectivity index (χ4n) is 5.85. The summed E-state index contributed by atoms with van der Waals surface area (Å²) in [6, 6.07) is 23.5. The van der Waals surface area contributed by atoms with Crippen molar-refractivity contribution < 1.29 is 34.1 Å². The lowest BCUT2D eigenvalue weighted by atomic mass is 9.74. The van der Waals surface area contributed by atoms with E-state index in [0.717, 1.165) is 74.4 Å². The molecule has 0 spiro atoms. The van der Waals surface area contributed by atoms with Crippen LogP contribution in [0.15, 0.2) is 72.8 Å². The number of hydrogen-bond donors (Lipinski definition) is 4. The molecular formula is C38H50N2O7. The molecule has 0 aliphatic heterocycles. The van der Waals surface area contributed by atoms with Crippen LogP contribution in [0.25, 0.3) is 0 Å². The van der Waals surface area contributed by atoms with Crippen LogP contribution in [0.1, 0.15) is 82.3 Å². The third kappa shape index (κ3) is 12.3. The van der Waals surface area contributed by atoms with Gasteiger partial charge in [0.1, 0.15) is 29.5 Å². The fraction of sp³-hybridized carbons (Fsp3) is 0.421. The van der Waals surface area contributed by atoms with Crippen LogP contribution < -0.4 is 15.4 Å². The molecular weight excluding hydrogens is 596 g/mol. The topological polar surface area (TPSA) is 142 Å². The lowest BCUT2D eigenvalue weighted by Crippen LogP contribution is -2.39. The molecule has 3 aromatic carbocycles. The van der Waals surface area contributed by atoms with E-state index in [1.54, 1.807) is 0 Å². The maximum atomic E-state index is 13.2. The summed E-state index contributed by atoms with van der Waals surface area (Å²) in [7, 11) is 2.88. The van der Waals surface area contributed by atoms with E-state index in [2.05, 4.69) is 29.7 Å². The number of benzene rings is 3. The molecule has 0 heterocycles. The van der Waals surface area contributed by atoms with E-state index >= 15 is 0 Å². The number of rotatable bonds is 9. The van der Waals surface area contributed by atoms with Crippen LogP contribution >= 0.6 is 0 Å². The minimum atomic E-state index is -0.924. The number of aliphatic hydroxyl groups excluding tert-OH is 1. The number of amides is 1. The molecule has 2 saturated carbocycles. The summed E-state index contributed by atoms with van der Waals surface area (Å²) in [5.74, 6) is 1.22. The molecule has 0 radical (unpaired) electrons. The molecule has 5 rings (SSSR count). The first-order valence-electron chi connectivity index (χ1n) is 16.2. The van der Waals surface area contributed by atoms with Gasteiger partial charge >= 0.3 is 0 Å². The van der Waals surface area contributed by atoms with Crippen LogP contribution in [0.4, 0.5) is 11.4 Å². The SMILES string of the molecule is CC1(C=O)CCCCC1.CNc1ccc(Oc2ccc(NC(=O)C3(C=O)CCCCC3)c(Cc3ccccc3)c2)cc1.CO.O=CO. The van der Waals surface area contributed by atoms with Gasteiger partial charge in [-0.05, 0) is 85.7 Å². The first kappa shape index (κ1) is 38.7. The molecule has 2 aliphatic carbocycles. The minimum absolute atomic E-state index is 0.0399. The van der Waals surface area contributed by atoms with Crippen molar-refractivity contribution in [1.82, 2.24) is 0 Å². The van der Waals surface area contributed by atoms with Crippen LogP contribution in [-0.2, 0) is 25.6 Å². The molecule has 9 heteroatoms. The predicted octanol–water partition coefficient (Wildman–Crippen LogP) is 7.66. The molecule has 9 nitrogen and oxygen atoms in total. The van der Waals surface area contributed by atoms with Crippen molar-refractivity contribution in [3.63, 3.8) is 0 Å². The third-order valence-electron chi connectivity index (χ3n) is 8.64. The zero-order valence-electron chi connectivity index (χ0n) is 27.9. The molecule has 0 atom stereocenters. The van der Waals surface area contributed by atoms with E-state index in [1.165, 1.54) is 19.3 Å². The first-order valence-corrected chi connectivity index (χ1v) is 16.2. The van der Waals surface area contributed by atoms with Crippen molar-refractivity contribution in [2.75, 3.05) is 24.8 Å². The largest absolute Gasteiger partial charge is 0.483 e. The Kier molecular flexibility index (Phi) is 16.9. The van der Waals surface area contributed by atoms with Gasteiger partial charge in [0, 0.05) is 30.9 Å². The molecule has 254 valence electrons. The van der Waals surface area contributed by atoms with Crippen molar-refractivity contribution in [1.29, 1.82) is 0 Å². The summed E-state index contributed by atoms with van der Waals surface area (Å²) in [5.41, 5.74) is 2.91. The van der Waals surface area contributed by atoms with Gasteiger partial charge < -0.3 is 35.2 Å². The summed E-state index contributed by atoms with van der Waals surface area (Å²) in [6.07, 6.45) is 12.8. The quantitative estimate of drug-likeness (QED) is 0.137. The second-order valence-electron chi connectivity index (χ2n) is 12.1. The molecule has 2 fully saturated rings. The summed E-state index contributed by atoms with van der Waals surface area (Å²) in [4.78, 5) is 43.9. The van der Waals surface area contributed by atoms with Gasteiger partial charge in [-0.15, -0.1) is 0 Å². The van der Waals surface area contributed by atoms with Crippen molar-refractivity contribution >= 4 is 36.3 Å².